The van der Waals surface area contributed by atoms with Crippen LogP contribution in [0.2, 0.25) is 0 Å². The third-order valence-electron chi connectivity index (χ3n) is 7.01. The number of thioether (sulfide) groups is 1. The SMILES string of the molecule is COc1c(C)c(OC(=O)c2c(C)c(C)c(OCCCSc3ccc(F)cc3)c(C)c2OC)c(C)c(C)c1C(=O)O. The number of carbonyl (C=O) groups is 2. The van der Waals surface area contributed by atoms with E-state index in [-0.39, 0.29) is 28.4 Å². The zero-order valence-corrected chi connectivity index (χ0v) is 24.9. The highest BCUT2D eigenvalue weighted by Gasteiger charge is 2.29. The summed E-state index contributed by atoms with van der Waals surface area (Å²) in [5, 5.41) is 9.69. The van der Waals surface area contributed by atoms with E-state index in [2.05, 4.69) is 0 Å². The number of hydrogen-bond acceptors (Lipinski definition) is 7. The normalized spacial score (nSPS) is 10.8. The lowest BCUT2D eigenvalue weighted by Crippen LogP contribution is -2.17. The average Bonchev–Trinajstić information content (AvgIpc) is 2.92. The Hall–Kier alpha value is -3.72. The zero-order valence-electron chi connectivity index (χ0n) is 24.1. The van der Waals surface area contributed by atoms with Crippen molar-refractivity contribution < 1.29 is 38.0 Å². The smallest absolute Gasteiger partial charge is 0.347 e. The number of halogens is 1. The van der Waals surface area contributed by atoms with Gasteiger partial charge in [0, 0.05) is 21.8 Å². The van der Waals surface area contributed by atoms with E-state index in [1.807, 2.05) is 20.8 Å². The molecule has 1 N–H and O–H groups in total. The fourth-order valence-corrected chi connectivity index (χ4v) is 5.51. The Labute approximate surface area is 238 Å². The summed E-state index contributed by atoms with van der Waals surface area (Å²) in [5.41, 5.74) is 3.84. The molecule has 7 nitrogen and oxygen atoms in total. The van der Waals surface area contributed by atoms with Crippen molar-refractivity contribution in [2.24, 2.45) is 0 Å². The molecule has 0 heterocycles. The topological polar surface area (TPSA) is 91.3 Å². The van der Waals surface area contributed by atoms with Gasteiger partial charge in [-0.3, -0.25) is 0 Å². The molecule has 0 radical (unpaired) electrons. The first-order valence-electron chi connectivity index (χ1n) is 12.8. The summed E-state index contributed by atoms with van der Waals surface area (Å²) in [4.78, 5) is 26.4. The minimum Gasteiger partial charge on any atom is -0.495 e. The van der Waals surface area contributed by atoms with Gasteiger partial charge in [-0.25, -0.2) is 14.0 Å². The van der Waals surface area contributed by atoms with Crippen molar-refractivity contribution in [3.05, 3.63) is 74.6 Å². The van der Waals surface area contributed by atoms with Crippen molar-refractivity contribution >= 4 is 23.7 Å². The number of carboxylic acid groups (broad SMARTS) is 1. The van der Waals surface area contributed by atoms with Crippen molar-refractivity contribution in [1.29, 1.82) is 0 Å². The van der Waals surface area contributed by atoms with E-state index < -0.39 is 11.9 Å². The molecule has 0 saturated heterocycles. The zero-order chi connectivity index (χ0) is 29.7. The predicted octanol–water partition coefficient (Wildman–Crippen LogP) is 7.17. The van der Waals surface area contributed by atoms with Crippen LogP contribution < -0.4 is 18.9 Å². The molecule has 0 aliphatic rings. The maximum absolute atomic E-state index is 13.6. The quantitative estimate of drug-likeness (QED) is 0.112. The summed E-state index contributed by atoms with van der Waals surface area (Å²) in [6, 6.07) is 6.39. The fourth-order valence-electron chi connectivity index (χ4n) is 4.68. The van der Waals surface area contributed by atoms with Crippen LogP contribution in [-0.2, 0) is 0 Å². The van der Waals surface area contributed by atoms with E-state index in [1.54, 1.807) is 44.7 Å². The molecular formula is C31H35FO7S. The molecule has 0 aliphatic carbocycles. The largest absolute Gasteiger partial charge is 0.495 e. The number of carbonyl (C=O) groups excluding carboxylic acids is 1. The number of aromatic carboxylic acids is 1. The Morgan fingerprint density at radius 3 is 1.85 bits per heavy atom. The number of methoxy groups -OCH3 is 2. The van der Waals surface area contributed by atoms with Crippen LogP contribution in [0.15, 0.2) is 29.2 Å². The van der Waals surface area contributed by atoms with Crippen LogP contribution in [0, 0.1) is 47.4 Å². The van der Waals surface area contributed by atoms with Crippen LogP contribution in [-0.4, -0.2) is 43.6 Å². The molecular weight excluding hydrogens is 535 g/mol. The molecule has 3 aromatic rings. The molecule has 40 heavy (non-hydrogen) atoms. The van der Waals surface area contributed by atoms with Crippen molar-refractivity contribution in [2.75, 3.05) is 26.6 Å². The lowest BCUT2D eigenvalue weighted by atomic mass is 9.96. The van der Waals surface area contributed by atoms with Gasteiger partial charge in [0.1, 0.15) is 39.9 Å². The van der Waals surface area contributed by atoms with Crippen LogP contribution in [0.5, 0.6) is 23.0 Å². The van der Waals surface area contributed by atoms with E-state index in [4.69, 9.17) is 18.9 Å². The molecule has 3 rings (SSSR count). The highest BCUT2D eigenvalue weighted by Crippen LogP contribution is 2.41. The van der Waals surface area contributed by atoms with Crippen molar-refractivity contribution in [3.63, 3.8) is 0 Å². The van der Waals surface area contributed by atoms with Gasteiger partial charge in [-0.2, -0.15) is 0 Å². The number of benzene rings is 3. The van der Waals surface area contributed by atoms with E-state index in [0.717, 1.165) is 22.6 Å². The molecule has 0 saturated carbocycles. The van der Waals surface area contributed by atoms with E-state index >= 15 is 0 Å². The summed E-state index contributed by atoms with van der Waals surface area (Å²) < 4.78 is 36.2. The second kappa shape index (κ2) is 13.1. The number of carboxylic acids is 1. The predicted molar refractivity (Wildman–Crippen MR) is 154 cm³/mol. The van der Waals surface area contributed by atoms with Crippen molar-refractivity contribution in [3.8, 4) is 23.0 Å². The molecule has 0 atom stereocenters. The minimum atomic E-state index is -1.12. The van der Waals surface area contributed by atoms with Crippen molar-refractivity contribution in [1.82, 2.24) is 0 Å². The molecule has 0 spiro atoms. The van der Waals surface area contributed by atoms with Gasteiger partial charge in [0.05, 0.1) is 20.8 Å². The van der Waals surface area contributed by atoms with E-state index in [0.29, 0.717) is 45.9 Å². The average molecular weight is 571 g/mol. The van der Waals surface area contributed by atoms with Crippen molar-refractivity contribution in [2.45, 2.75) is 52.9 Å². The molecule has 0 unspecified atom stereocenters. The monoisotopic (exact) mass is 570 g/mol. The Kier molecular flexibility index (Phi) is 10.1. The van der Waals surface area contributed by atoms with Gasteiger partial charge in [-0.05, 0) is 94.5 Å². The van der Waals surface area contributed by atoms with E-state index in [1.165, 1.54) is 26.4 Å². The van der Waals surface area contributed by atoms with Crippen LogP contribution in [0.4, 0.5) is 4.39 Å². The van der Waals surface area contributed by atoms with Crippen LogP contribution in [0.25, 0.3) is 0 Å². The van der Waals surface area contributed by atoms with Gasteiger partial charge < -0.3 is 24.1 Å². The second-order valence-electron chi connectivity index (χ2n) is 9.42. The van der Waals surface area contributed by atoms with Crippen LogP contribution in [0.1, 0.15) is 60.5 Å². The molecule has 0 bridgehead atoms. The third kappa shape index (κ3) is 6.20. The Morgan fingerprint density at radius 1 is 0.750 bits per heavy atom. The lowest BCUT2D eigenvalue weighted by Gasteiger charge is -2.22. The maximum atomic E-state index is 13.6. The molecule has 0 aliphatic heterocycles. The highest BCUT2D eigenvalue weighted by atomic mass is 32.2. The van der Waals surface area contributed by atoms with Gasteiger partial charge in [0.15, 0.2) is 0 Å². The Bertz CT molecular complexity index is 1430. The molecule has 3 aromatic carbocycles. The molecule has 214 valence electrons. The lowest BCUT2D eigenvalue weighted by molar-refractivity contribution is 0.0692. The van der Waals surface area contributed by atoms with Gasteiger partial charge in [-0.15, -0.1) is 11.8 Å². The first kappa shape index (κ1) is 30.8. The molecule has 9 heteroatoms. The van der Waals surface area contributed by atoms with Crippen LogP contribution in [0.3, 0.4) is 0 Å². The number of esters is 1. The number of rotatable bonds is 11. The van der Waals surface area contributed by atoms with Gasteiger partial charge >= 0.3 is 11.9 Å². The Morgan fingerprint density at radius 2 is 1.27 bits per heavy atom. The number of hydrogen-bond donors (Lipinski definition) is 1. The summed E-state index contributed by atoms with van der Waals surface area (Å²) in [6.45, 7) is 11.0. The summed E-state index contributed by atoms with van der Waals surface area (Å²) in [7, 11) is 2.87. The van der Waals surface area contributed by atoms with Crippen LogP contribution >= 0.6 is 11.8 Å². The molecule has 0 fully saturated rings. The molecule has 0 amide bonds. The Balaban J connectivity index is 1.86. The summed E-state index contributed by atoms with van der Waals surface area (Å²) >= 11 is 1.62. The van der Waals surface area contributed by atoms with Gasteiger partial charge in [0.2, 0.25) is 0 Å². The first-order chi connectivity index (χ1) is 18.9. The number of ether oxygens (including phenoxy) is 4. The standard InChI is InChI=1S/C31H35FO7S/c1-16-19(4)27(21(6)28(36-7)24(16)30(33)34)39-31(35)25-17(2)18(3)26(20(5)29(25)37-8)38-14-9-15-40-23-12-10-22(32)11-13-23/h10-13H,9,14-15H2,1-8H3,(H,33,34). The summed E-state index contributed by atoms with van der Waals surface area (Å²) in [5.74, 6) is 0.193. The van der Waals surface area contributed by atoms with E-state index in [9.17, 15) is 19.1 Å². The third-order valence-corrected chi connectivity index (χ3v) is 8.11. The maximum Gasteiger partial charge on any atom is 0.347 e. The highest BCUT2D eigenvalue weighted by molar-refractivity contribution is 7.99. The minimum absolute atomic E-state index is 0.0373. The first-order valence-corrected chi connectivity index (χ1v) is 13.7. The fraction of sp³-hybridized carbons (Fsp3) is 0.355. The second-order valence-corrected chi connectivity index (χ2v) is 10.6. The summed E-state index contributed by atoms with van der Waals surface area (Å²) in [6.07, 6.45) is 0.762. The molecule has 0 aromatic heterocycles. The van der Waals surface area contributed by atoms with Gasteiger partial charge in [0.25, 0.3) is 0 Å². The van der Waals surface area contributed by atoms with Gasteiger partial charge in [-0.1, -0.05) is 0 Å².